The number of hydrogen-bond acceptors (Lipinski definition) is 3. The van der Waals surface area contributed by atoms with E-state index in [0.29, 0.717) is 24.5 Å². The average molecular weight is 252 g/mol. The fourth-order valence-corrected chi connectivity index (χ4v) is 3.48. The highest BCUT2D eigenvalue weighted by Crippen LogP contribution is 2.37. The molecule has 4 heteroatoms. The summed E-state index contributed by atoms with van der Waals surface area (Å²) in [6, 6.07) is 2.81. The maximum absolute atomic E-state index is 10.8. The maximum Gasteiger partial charge on any atom is 0.304 e. The third kappa shape index (κ3) is 2.69. The Bertz CT molecular complexity index is 326. The average Bonchev–Trinajstić information content (AvgIpc) is 3.19. The van der Waals surface area contributed by atoms with Gasteiger partial charge in [0.1, 0.15) is 0 Å². The first-order chi connectivity index (χ1) is 8.65. The van der Waals surface area contributed by atoms with Crippen molar-refractivity contribution >= 4 is 5.97 Å². The van der Waals surface area contributed by atoms with E-state index in [1.807, 2.05) is 0 Å². The minimum Gasteiger partial charge on any atom is -0.481 e. The first-order valence-electron chi connectivity index (χ1n) is 7.38. The van der Waals surface area contributed by atoms with E-state index in [2.05, 4.69) is 16.7 Å². The molecule has 18 heavy (non-hydrogen) atoms. The molecule has 1 aliphatic heterocycles. The van der Waals surface area contributed by atoms with E-state index in [0.717, 1.165) is 12.6 Å². The summed E-state index contributed by atoms with van der Waals surface area (Å²) in [5.74, 6) is -0.661. The van der Waals surface area contributed by atoms with Crippen molar-refractivity contribution in [2.24, 2.45) is 0 Å². The van der Waals surface area contributed by atoms with Crippen LogP contribution >= 0.6 is 0 Å². The Morgan fingerprint density at radius 1 is 1.28 bits per heavy atom. The zero-order valence-electron chi connectivity index (χ0n) is 11.2. The molecule has 4 nitrogen and oxygen atoms in total. The third-order valence-corrected chi connectivity index (χ3v) is 4.69. The van der Waals surface area contributed by atoms with Gasteiger partial charge in [0.15, 0.2) is 0 Å². The van der Waals surface area contributed by atoms with E-state index in [1.54, 1.807) is 0 Å². The lowest BCUT2D eigenvalue weighted by Gasteiger charge is -2.28. The maximum atomic E-state index is 10.8. The summed E-state index contributed by atoms with van der Waals surface area (Å²) in [4.78, 5) is 15.9. The number of nitrogens with zero attached hydrogens (tertiary/aromatic N) is 2. The lowest BCUT2D eigenvalue weighted by Crippen LogP contribution is -2.40. The van der Waals surface area contributed by atoms with Crippen LogP contribution in [-0.2, 0) is 4.79 Å². The van der Waals surface area contributed by atoms with Gasteiger partial charge in [0, 0.05) is 37.3 Å². The molecule has 0 aromatic heterocycles. The molecule has 0 aromatic rings. The first kappa shape index (κ1) is 12.4. The van der Waals surface area contributed by atoms with Gasteiger partial charge >= 0.3 is 5.97 Å². The van der Waals surface area contributed by atoms with Gasteiger partial charge < -0.3 is 5.11 Å². The predicted molar refractivity (Wildman–Crippen MR) is 69.6 cm³/mol. The zero-order chi connectivity index (χ0) is 12.7. The van der Waals surface area contributed by atoms with Crippen LogP contribution in [0.2, 0.25) is 0 Å². The second-order valence-electron chi connectivity index (χ2n) is 6.28. The van der Waals surface area contributed by atoms with Crippen molar-refractivity contribution in [1.82, 2.24) is 9.80 Å². The van der Waals surface area contributed by atoms with E-state index in [1.165, 1.54) is 38.6 Å². The number of carbonyl (C=O) groups is 1. The van der Waals surface area contributed by atoms with Crippen LogP contribution in [0.1, 0.15) is 45.4 Å². The van der Waals surface area contributed by atoms with Crippen LogP contribution in [-0.4, -0.2) is 58.1 Å². The van der Waals surface area contributed by atoms with E-state index >= 15 is 0 Å². The summed E-state index contributed by atoms with van der Waals surface area (Å²) in [6.45, 7) is 4.25. The normalized spacial score (nSPS) is 33.2. The van der Waals surface area contributed by atoms with Crippen molar-refractivity contribution in [2.75, 3.05) is 13.1 Å². The lowest BCUT2D eigenvalue weighted by molar-refractivity contribution is -0.137. The Labute approximate surface area is 109 Å². The van der Waals surface area contributed by atoms with E-state index in [9.17, 15) is 4.79 Å². The predicted octanol–water partition coefficient (Wildman–Crippen LogP) is 1.55. The first-order valence-corrected chi connectivity index (χ1v) is 7.38. The monoisotopic (exact) mass is 252 g/mol. The standard InChI is InChI=1S/C14H24N2O2/c1-10-8-13(9-16(10)12-4-5-12)15(11-2-3-11)7-6-14(17)18/h10-13H,2-9H2,1H3,(H,17,18). The molecule has 3 aliphatic rings. The van der Waals surface area contributed by atoms with E-state index < -0.39 is 5.97 Å². The van der Waals surface area contributed by atoms with Crippen molar-refractivity contribution in [2.45, 2.75) is 69.6 Å². The second-order valence-corrected chi connectivity index (χ2v) is 6.28. The Balaban J connectivity index is 1.58. The molecule has 0 radical (unpaired) electrons. The second kappa shape index (κ2) is 4.82. The molecule has 0 spiro atoms. The number of carboxylic acids is 1. The SMILES string of the molecule is CC1CC(N(CCC(=O)O)C2CC2)CN1C1CC1. The number of likely N-dealkylation sites (tertiary alicyclic amines) is 1. The fourth-order valence-electron chi connectivity index (χ4n) is 3.48. The minimum atomic E-state index is -0.661. The topological polar surface area (TPSA) is 43.8 Å². The van der Waals surface area contributed by atoms with Crippen molar-refractivity contribution in [3.05, 3.63) is 0 Å². The number of aliphatic carboxylic acids is 1. The van der Waals surface area contributed by atoms with Crippen LogP contribution in [0.3, 0.4) is 0 Å². The molecule has 1 saturated heterocycles. The van der Waals surface area contributed by atoms with E-state index in [-0.39, 0.29) is 0 Å². The Morgan fingerprint density at radius 2 is 2.00 bits per heavy atom. The largest absolute Gasteiger partial charge is 0.481 e. The molecule has 1 heterocycles. The molecule has 2 atom stereocenters. The number of rotatable bonds is 6. The lowest BCUT2D eigenvalue weighted by atomic mass is 10.1. The highest BCUT2D eigenvalue weighted by molar-refractivity contribution is 5.66. The molecular weight excluding hydrogens is 228 g/mol. The molecule has 3 fully saturated rings. The Morgan fingerprint density at radius 3 is 2.56 bits per heavy atom. The van der Waals surface area contributed by atoms with Crippen LogP contribution in [0.4, 0.5) is 0 Å². The summed E-state index contributed by atoms with van der Waals surface area (Å²) < 4.78 is 0. The van der Waals surface area contributed by atoms with Crippen molar-refractivity contribution in [1.29, 1.82) is 0 Å². The molecule has 3 rings (SSSR count). The molecule has 1 N–H and O–H groups in total. The van der Waals surface area contributed by atoms with Gasteiger partial charge in [-0.2, -0.15) is 0 Å². The van der Waals surface area contributed by atoms with Gasteiger partial charge in [0.25, 0.3) is 0 Å². The van der Waals surface area contributed by atoms with Gasteiger partial charge in [-0.3, -0.25) is 14.6 Å². The molecule has 2 saturated carbocycles. The zero-order valence-corrected chi connectivity index (χ0v) is 11.2. The van der Waals surface area contributed by atoms with Crippen LogP contribution in [0.15, 0.2) is 0 Å². The fraction of sp³-hybridized carbons (Fsp3) is 0.929. The molecule has 2 aliphatic carbocycles. The number of hydrogen-bond donors (Lipinski definition) is 1. The number of carboxylic acid groups (broad SMARTS) is 1. The van der Waals surface area contributed by atoms with Crippen LogP contribution in [0.25, 0.3) is 0 Å². The summed E-state index contributed by atoms with van der Waals surface area (Å²) >= 11 is 0. The van der Waals surface area contributed by atoms with Gasteiger partial charge in [-0.15, -0.1) is 0 Å². The summed E-state index contributed by atoms with van der Waals surface area (Å²) in [6.07, 6.45) is 6.81. The van der Waals surface area contributed by atoms with Crippen molar-refractivity contribution in [3.8, 4) is 0 Å². The van der Waals surface area contributed by atoms with Gasteiger partial charge in [-0.05, 0) is 39.0 Å². The van der Waals surface area contributed by atoms with Crippen molar-refractivity contribution < 1.29 is 9.90 Å². The minimum absolute atomic E-state index is 0.296. The molecule has 102 valence electrons. The Kier molecular flexibility index (Phi) is 3.32. The quantitative estimate of drug-likeness (QED) is 0.779. The Hall–Kier alpha value is -0.610. The third-order valence-electron chi connectivity index (χ3n) is 4.69. The smallest absolute Gasteiger partial charge is 0.304 e. The molecule has 0 amide bonds. The summed E-state index contributed by atoms with van der Waals surface area (Å²) in [5.41, 5.74) is 0. The summed E-state index contributed by atoms with van der Waals surface area (Å²) in [7, 11) is 0. The highest BCUT2D eigenvalue weighted by Gasteiger charge is 2.43. The highest BCUT2D eigenvalue weighted by atomic mass is 16.4. The molecular formula is C14H24N2O2. The summed E-state index contributed by atoms with van der Waals surface area (Å²) in [5, 5.41) is 8.87. The van der Waals surface area contributed by atoms with Gasteiger partial charge in [0.05, 0.1) is 6.42 Å². The van der Waals surface area contributed by atoms with Gasteiger partial charge in [0.2, 0.25) is 0 Å². The van der Waals surface area contributed by atoms with Gasteiger partial charge in [-0.1, -0.05) is 0 Å². The van der Waals surface area contributed by atoms with Crippen LogP contribution < -0.4 is 0 Å². The van der Waals surface area contributed by atoms with Crippen molar-refractivity contribution in [3.63, 3.8) is 0 Å². The van der Waals surface area contributed by atoms with E-state index in [4.69, 9.17) is 5.11 Å². The van der Waals surface area contributed by atoms with Gasteiger partial charge in [-0.25, -0.2) is 0 Å². The molecule has 2 unspecified atom stereocenters. The van der Waals surface area contributed by atoms with Crippen LogP contribution in [0.5, 0.6) is 0 Å². The molecule has 0 aromatic carbocycles. The van der Waals surface area contributed by atoms with Crippen LogP contribution in [0, 0.1) is 0 Å². The molecule has 0 bridgehead atoms.